The van der Waals surface area contributed by atoms with Gasteiger partial charge in [0.25, 0.3) is 0 Å². The molecule has 0 spiro atoms. The minimum atomic E-state index is 0.841. The van der Waals surface area contributed by atoms with Gasteiger partial charge in [0.15, 0.2) is 0 Å². The second-order valence-electron chi connectivity index (χ2n) is 6.11. The molecule has 0 amide bonds. The van der Waals surface area contributed by atoms with Gasteiger partial charge in [-0.15, -0.1) is 0 Å². The van der Waals surface area contributed by atoms with Crippen LogP contribution in [0.4, 0.5) is 5.69 Å². The molecular weight excluding hydrogens is 358 g/mol. The molecule has 2 aromatic carbocycles. The van der Waals surface area contributed by atoms with Gasteiger partial charge in [-0.3, -0.25) is 0 Å². The lowest BCUT2D eigenvalue weighted by atomic mass is 9.97. The van der Waals surface area contributed by atoms with Crippen LogP contribution in [0.15, 0.2) is 78.9 Å². The van der Waals surface area contributed by atoms with Crippen LogP contribution in [-0.2, 0) is 6.42 Å². The standard InChI is InChI=1S/C23H22ClNS/c1-3-4-7-17-12-13-22-21(10-6-11-23(22)24)19(14-17)15-18-8-5-9-20(16-18)25-26-2/h3-11,14-16,25H,1,12-13H2,2H3/b7-4-,19-15+. The summed E-state index contributed by atoms with van der Waals surface area (Å²) >= 11 is 8.10. The highest BCUT2D eigenvalue weighted by Crippen LogP contribution is 2.34. The van der Waals surface area contributed by atoms with E-state index in [1.165, 1.54) is 22.3 Å². The molecule has 0 bridgehead atoms. The molecular formula is C23H22ClNS. The molecule has 0 heterocycles. The van der Waals surface area contributed by atoms with Crippen molar-refractivity contribution in [3.63, 3.8) is 0 Å². The van der Waals surface area contributed by atoms with E-state index in [9.17, 15) is 0 Å². The van der Waals surface area contributed by atoms with Crippen LogP contribution in [0.2, 0.25) is 5.02 Å². The highest BCUT2D eigenvalue weighted by molar-refractivity contribution is 7.99. The van der Waals surface area contributed by atoms with E-state index in [1.807, 2.05) is 30.5 Å². The van der Waals surface area contributed by atoms with Crippen LogP contribution in [0.1, 0.15) is 23.1 Å². The zero-order chi connectivity index (χ0) is 18.4. The zero-order valence-electron chi connectivity index (χ0n) is 14.8. The number of rotatable bonds is 5. The quantitative estimate of drug-likeness (QED) is 0.436. The van der Waals surface area contributed by atoms with Gasteiger partial charge in [-0.25, -0.2) is 0 Å². The lowest BCUT2D eigenvalue weighted by Crippen LogP contribution is -1.92. The molecule has 0 aliphatic heterocycles. The number of hydrogen-bond donors (Lipinski definition) is 1. The van der Waals surface area contributed by atoms with Crippen molar-refractivity contribution in [3.8, 4) is 0 Å². The van der Waals surface area contributed by atoms with Crippen molar-refractivity contribution in [1.82, 2.24) is 0 Å². The monoisotopic (exact) mass is 379 g/mol. The molecule has 1 N–H and O–H groups in total. The Morgan fingerprint density at radius 2 is 2.00 bits per heavy atom. The van der Waals surface area contributed by atoms with E-state index in [1.54, 1.807) is 11.9 Å². The van der Waals surface area contributed by atoms with E-state index in [-0.39, 0.29) is 0 Å². The third-order valence-corrected chi connectivity index (χ3v) is 5.10. The fraction of sp³-hybridized carbons (Fsp3) is 0.130. The molecule has 2 aromatic rings. The van der Waals surface area contributed by atoms with Gasteiger partial charge in [-0.05, 0) is 65.0 Å². The summed E-state index contributed by atoms with van der Waals surface area (Å²) in [6.07, 6.45) is 14.4. The Kier molecular flexibility index (Phi) is 6.43. The normalized spacial score (nSPS) is 15.5. The summed E-state index contributed by atoms with van der Waals surface area (Å²) in [4.78, 5) is 0. The summed E-state index contributed by atoms with van der Waals surface area (Å²) in [6, 6.07) is 14.6. The number of allylic oxidation sites excluding steroid dienone is 6. The van der Waals surface area contributed by atoms with Crippen molar-refractivity contribution in [1.29, 1.82) is 0 Å². The molecule has 0 fully saturated rings. The van der Waals surface area contributed by atoms with Crippen molar-refractivity contribution in [2.24, 2.45) is 0 Å². The number of hydrogen-bond acceptors (Lipinski definition) is 2. The SMILES string of the molecule is C=C/C=C\C1=CC(=C\c2cccc(NSC)c2)/c2cccc(Cl)c2CC1. The highest BCUT2D eigenvalue weighted by atomic mass is 35.5. The van der Waals surface area contributed by atoms with Crippen LogP contribution in [0.5, 0.6) is 0 Å². The molecule has 132 valence electrons. The summed E-state index contributed by atoms with van der Waals surface area (Å²) in [6.45, 7) is 3.78. The summed E-state index contributed by atoms with van der Waals surface area (Å²) in [5.41, 5.74) is 7.16. The van der Waals surface area contributed by atoms with Gasteiger partial charge in [0.05, 0.1) is 0 Å². The summed E-state index contributed by atoms with van der Waals surface area (Å²) in [5, 5.41) is 0.841. The third-order valence-electron chi connectivity index (χ3n) is 4.31. The second-order valence-corrected chi connectivity index (χ2v) is 7.13. The van der Waals surface area contributed by atoms with Gasteiger partial charge < -0.3 is 4.72 Å². The van der Waals surface area contributed by atoms with Crippen LogP contribution in [0.25, 0.3) is 11.6 Å². The molecule has 0 atom stereocenters. The predicted octanol–water partition coefficient (Wildman–Crippen LogP) is 7.19. The van der Waals surface area contributed by atoms with Crippen LogP contribution in [-0.4, -0.2) is 6.26 Å². The van der Waals surface area contributed by atoms with Crippen LogP contribution < -0.4 is 4.72 Å². The molecule has 0 saturated carbocycles. The van der Waals surface area contributed by atoms with Gasteiger partial charge in [-0.1, -0.05) is 78.7 Å². The number of nitrogens with one attached hydrogen (secondary N) is 1. The van der Waals surface area contributed by atoms with Crippen LogP contribution in [0, 0.1) is 0 Å². The highest BCUT2D eigenvalue weighted by Gasteiger charge is 2.14. The van der Waals surface area contributed by atoms with Crippen molar-refractivity contribution in [3.05, 3.63) is 101 Å². The maximum absolute atomic E-state index is 6.50. The van der Waals surface area contributed by atoms with Crippen molar-refractivity contribution in [2.75, 3.05) is 11.0 Å². The van der Waals surface area contributed by atoms with Gasteiger partial charge in [0.2, 0.25) is 0 Å². The molecule has 1 aliphatic carbocycles. The van der Waals surface area contributed by atoms with Crippen molar-refractivity contribution < 1.29 is 0 Å². The van der Waals surface area contributed by atoms with Crippen molar-refractivity contribution >= 4 is 40.9 Å². The van der Waals surface area contributed by atoms with E-state index < -0.39 is 0 Å². The molecule has 26 heavy (non-hydrogen) atoms. The largest absolute Gasteiger partial charge is 0.330 e. The Bertz CT molecular complexity index is 893. The fourth-order valence-electron chi connectivity index (χ4n) is 3.13. The van der Waals surface area contributed by atoms with E-state index in [0.29, 0.717) is 0 Å². The first-order chi connectivity index (χ1) is 12.7. The lowest BCUT2D eigenvalue weighted by molar-refractivity contribution is 0.971. The van der Waals surface area contributed by atoms with Crippen molar-refractivity contribution in [2.45, 2.75) is 12.8 Å². The molecule has 0 radical (unpaired) electrons. The molecule has 3 rings (SSSR count). The van der Waals surface area contributed by atoms with E-state index in [4.69, 9.17) is 11.6 Å². The maximum Gasteiger partial charge on any atom is 0.0445 e. The third kappa shape index (κ3) is 4.51. The zero-order valence-corrected chi connectivity index (χ0v) is 16.4. The first-order valence-corrected chi connectivity index (χ1v) is 10.2. The minimum absolute atomic E-state index is 0.841. The van der Waals surface area contributed by atoms with Gasteiger partial charge in [-0.2, -0.15) is 0 Å². The molecule has 0 saturated heterocycles. The number of benzene rings is 2. The molecule has 3 heteroatoms. The smallest absolute Gasteiger partial charge is 0.0445 e. The van der Waals surface area contributed by atoms with E-state index in [0.717, 1.165) is 29.1 Å². The number of fused-ring (bicyclic) bond motifs is 1. The van der Waals surface area contributed by atoms with Crippen LogP contribution >= 0.6 is 23.5 Å². The molecule has 0 unspecified atom stereocenters. The van der Waals surface area contributed by atoms with Crippen LogP contribution in [0.3, 0.4) is 0 Å². The average molecular weight is 380 g/mol. The first-order valence-electron chi connectivity index (χ1n) is 8.59. The number of halogens is 1. The van der Waals surface area contributed by atoms with E-state index >= 15 is 0 Å². The maximum atomic E-state index is 6.50. The summed E-state index contributed by atoms with van der Waals surface area (Å²) < 4.78 is 3.29. The van der Waals surface area contributed by atoms with E-state index in [2.05, 4.69) is 59.9 Å². The molecule has 1 nitrogen and oxygen atoms in total. The second kappa shape index (κ2) is 8.98. The van der Waals surface area contributed by atoms with Gasteiger partial charge >= 0.3 is 0 Å². The summed E-state index contributed by atoms with van der Waals surface area (Å²) in [5.74, 6) is 0. The Morgan fingerprint density at radius 1 is 1.15 bits per heavy atom. The Hall–Kier alpha value is -2.16. The molecule has 0 aromatic heterocycles. The predicted molar refractivity (Wildman–Crippen MR) is 119 cm³/mol. The number of anilines is 1. The first kappa shape index (κ1) is 18.6. The Labute approximate surface area is 165 Å². The Balaban J connectivity index is 2.10. The van der Waals surface area contributed by atoms with Gasteiger partial charge in [0, 0.05) is 17.0 Å². The topological polar surface area (TPSA) is 12.0 Å². The molecule has 1 aliphatic rings. The lowest BCUT2D eigenvalue weighted by Gasteiger charge is -2.10. The van der Waals surface area contributed by atoms with Gasteiger partial charge in [0.1, 0.15) is 0 Å². The average Bonchev–Trinajstić information content (AvgIpc) is 2.81. The Morgan fingerprint density at radius 3 is 2.81 bits per heavy atom. The minimum Gasteiger partial charge on any atom is -0.330 e. The fourth-order valence-corrected chi connectivity index (χ4v) is 3.77. The summed E-state index contributed by atoms with van der Waals surface area (Å²) in [7, 11) is 0.